The van der Waals surface area contributed by atoms with Crippen molar-refractivity contribution in [2.24, 2.45) is 0 Å². The Morgan fingerprint density at radius 2 is 2.22 bits per heavy atom. The number of nitrogens with one attached hydrogen (secondary N) is 1. The molecule has 1 aliphatic rings. The van der Waals surface area contributed by atoms with E-state index in [2.05, 4.69) is 20.4 Å². The maximum Gasteiger partial charge on any atom is 0.258 e. The molecule has 1 fully saturated rings. The molecule has 2 aromatic heterocycles. The minimum absolute atomic E-state index is 0.0439. The fourth-order valence-electron chi connectivity index (χ4n) is 2.92. The van der Waals surface area contributed by atoms with Crippen LogP contribution in [0.5, 0.6) is 0 Å². The number of amides is 1. The average molecular weight is 316 g/mol. The van der Waals surface area contributed by atoms with Crippen molar-refractivity contribution >= 4 is 11.7 Å². The zero-order valence-corrected chi connectivity index (χ0v) is 13.1. The molecule has 0 saturated heterocycles. The van der Waals surface area contributed by atoms with Gasteiger partial charge in [0.2, 0.25) is 5.91 Å². The van der Waals surface area contributed by atoms with Crippen molar-refractivity contribution in [3.05, 3.63) is 36.1 Å². The Kier molecular flexibility index (Phi) is 4.66. The lowest BCUT2D eigenvalue weighted by Crippen LogP contribution is -2.26. The molecule has 0 bridgehead atoms. The van der Waals surface area contributed by atoms with Gasteiger partial charge in [-0.1, -0.05) is 11.2 Å². The van der Waals surface area contributed by atoms with E-state index in [0.29, 0.717) is 24.1 Å². The number of aromatic nitrogens is 3. The van der Waals surface area contributed by atoms with Crippen molar-refractivity contribution in [1.29, 1.82) is 0 Å². The van der Waals surface area contributed by atoms with Gasteiger partial charge in [-0.15, -0.1) is 0 Å². The lowest BCUT2D eigenvalue weighted by molar-refractivity contribution is -0.115. The van der Waals surface area contributed by atoms with E-state index in [9.17, 15) is 4.79 Å². The second kappa shape index (κ2) is 6.87. The number of nitrogens with zero attached hydrogens (tertiary/aromatic N) is 3. The number of pyridine rings is 1. The number of rotatable bonds is 6. The van der Waals surface area contributed by atoms with E-state index >= 15 is 0 Å². The topological polar surface area (TPSA) is 90.1 Å². The molecule has 1 aliphatic carbocycles. The summed E-state index contributed by atoms with van der Waals surface area (Å²) in [6.45, 7) is 2.55. The van der Waals surface area contributed by atoms with Gasteiger partial charge in [0.05, 0.1) is 6.42 Å². The molecule has 2 aromatic rings. The molecule has 23 heavy (non-hydrogen) atoms. The Morgan fingerprint density at radius 1 is 1.39 bits per heavy atom. The van der Waals surface area contributed by atoms with Gasteiger partial charge in [0, 0.05) is 12.8 Å². The number of hydrogen-bond acceptors (Lipinski definition) is 6. The summed E-state index contributed by atoms with van der Waals surface area (Å²) in [6, 6.07) is 5.32. The van der Waals surface area contributed by atoms with Crippen LogP contribution in [-0.2, 0) is 21.6 Å². The Morgan fingerprint density at radius 3 is 2.91 bits per heavy atom. The third-order valence-corrected chi connectivity index (χ3v) is 3.94. The molecule has 122 valence electrons. The molecule has 0 unspecified atom stereocenters. The van der Waals surface area contributed by atoms with Crippen LogP contribution < -0.4 is 5.32 Å². The minimum Gasteiger partial charge on any atom is -0.365 e. The van der Waals surface area contributed by atoms with E-state index in [-0.39, 0.29) is 12.3 Å². The first-order valence-electron chi connectivity index (χ1n) is 7.90. The Hall–Kier alpha value is -2.28. The molecule has 1 saturated carbocycles. The maximum atomic E-state index is 12.0. The monoisotopic (exact) mass is 316 g/mol. The summed E-state index contributed by atoms with van der Waals surface area (Å²) in [7, 11) is 0. The normalized spacial score (nSPS) is 16.4. The van der Waals surface area contributed by atoms with E-state index in [0.717, 1.165) is 25.7 Å². The standard InChI is InChI=1S/C16H20N4O3/c1-2-22-16(8-4-5-9-16)15-19-13(20-23-15)11-14(21)18-12-7-3-6-10-17-12/h3,6-7,10H,2,4-5,8-9,11H2,1H3,(H,17,18,21). The first-order chi connectivity index (χ1) is 11.2. The van der Waals surface area contributed by atoms with Gasteiger partial charge in [-0.05, 0) is 44.7 Å². The second-order valence-electron chi connectivity index (χ2n) is 5.59. The zero-order valence-electron chi connectivity index (χ0n) is 13.1. The van der Waals surface area contributed by atoms with Crippen molar-refractivity contribution in [3.8, 4) is 0 Å². The van der Waals surface area contributed by atoms with Gasteiger partial charge in [-0.2, -0.15) is 4.98 Å². The van der Waals surface area contributed by atoms with Crippen LogP contribution in [-0.4, -0.2) is 27.6 Å². The Bertz CT molecular complexity index is 650. The maximum absolute atomic E-state index is 12.0. The van der Waals surface area contributed by atoms with Crippen molar-refractivity contribution in [2.45, 2.75) is 44.6 Å². The van der Waals surface area contributed by atoms with Crippen molar-refractivity contribution in [1.82, 2.24) is 15.1 Å². The van der Waals surface area contributed by atoms with Crippen molar-refractivity contribution < 1.29 is 14.1 Å². The summed E-state index contributed by atoms with van der Waals surface area (Å²) in [5.41, 5.74) is -0.475. The van der Waals surface area contributed by atoms with Crippen LogP contribution >= 0.6 is 0 Å². The quantitative estimate of drug-likeness (QED) is 0.880. The highest BCUT2D eigenvalue weighted by Gasteiger charge is 2.41. The van der Waals surface area contributed by atoms with Crippen LogP contribution in [0.1, 0.15) is 44.3 Å². The molecular formula is C16H20N4O3. The zero-order chi connectivity index (χ0) is 16.1. The van der Waals surface area contributed by atoms with Crippen molar-refractivity contribution in [3.63, 3.8) is 0 Å². The number of anilines is 1. The van der Waals surface area contributed by atoms with Gasteiger partial charge in [0.15, 0.2) is 5.82 Å². The highest BCUT2D eigenvalue weighted by Crippen LogP contribution is 2.41. The van der Waals surface area contributed by atoms with Crippen LogP contribution in [0.4, 0.5) is 5.82 Å². The summed E-state index contributed by atoms with van der Waals surface area (Å²) in [5.74, 6) is 1.12. The fraction of sp³-hybridized carbons (Fsp3) is 0.500. The van der Waals surface area contributed by atoms with E-state index in [1.54, 1.807) is 24.4 Å². The molecule has 2 heterocycles. The fourth-order valence-corrected chi connectivity index (χ4v) is 2.92. The summed E-state index contributed by atoms with van der Waals surface area (Å²) >= 11 is 0. The lowest BCUT2D eigenvalue weighted by Gasteiger charge is -2.24. The molecule has 7 heteroatoms. The molecular weight excluding hydrogens is 296 g/mol. The Labute approximate surface area is 134 Å². The molecule has 0 atom stereocenters. The average Bonchev–Trinajstić information content (AvgIpc) is 3.19. The van der Waals surface area contributed by atoms with Gasteiger partial charge >= 0.3 is 0 Å². The van der Waals surface area contributed by atoms with Crippen LogP contribution in [0, 0.1) is 0 Å². The predicted molar refractivity (Wildman–Crippen MR) is 82.6 cm³/mol. The van der Waals surface area contributed by atoms with E-state index < -0.39 is 5.60 Å². The third-order valence-electron chi connectivity index (χ3n) is 3.94. The lowest BCUT2D eigenvalue weighted by atomic mass is 10.0. The molecule has 0 radical (unpaired) electrons. The third kappa shape index (κ3) is 3.56. The summed E-state index contributed by atoms with van der Waals surface area (Å²) in [4.78, 5) is 20.4. The Balaban J connectivity index is 1.66. The first kappa shape index (κ1) is 15.6. The number of carbonyl (C=O) groups is 1. The summed E-state index contributed by atoms with van der Waals surface area (Å²) in [5, 5.41) is 6.62. The predicted octanol–water partition coefficient (Wildman–Crippen LogP) is 2.45. The molecule has 1 N–H and O–H groups in total. The highest BCUT2D eigenvalue weighted by molar-refractivity contribution is 5.90. The number of hydrogen-bond donors (Lipinski definition) is 1. The molecule has 0 aromatic carbocycles. The highest BCUT2D eigenvalue weighted by atomic mass is 16.5. The molecule has 7 nitrogen and oxygen atoms in total. The van der Waals surface area contributed by atoms with Gasteiger partial charge in [0.25, 0.3) is 5.89 Å². The van der Waals surface area contributed by atoms with Crippen LogP contribution in [0.3, 0.4) is 0 Å². The van der Waals surface area contributed by atoms with E-state index in [4.69, 9.17) is 9.26 Å². The first-order valence-corrected chi connectivity index (χ1v) is 7.90. The summed E-state index contributed by atoms with van der Waals surface area (Å²) < 4.78 is 11.3. The number of ether oxygens (including phenoxy) is 1. The van der Waals surface area contributed by atoms with Crippen LogP contribution in [0.2, 0.25) is 0 Å². The number of carbonyl (C=O) groups excluding carboxylic acids is 1. The second-order valence-corrected chi connectivity index (χ2v) is 5.59. The SMILES string of the molecule is CCOC1(c2nc(CC(=O)Nc3ccccn3)no2)CCCC1. The van der Waals surface area contributed by atoms with E-state index in [1.165, 1.54) is 0 Å². The minimum atomic E-state index is -0.475. The molecule has 0 spiro atoms. The molecule has 3 rings (SSSR count). The van der Waals surface area contributed by atoms with Crippen LogP contribution in [0.25, 0.3) is 0 Å². The van der Waals surface area contributed by atoms with Gasteiger partial charge in [-0.25, -0.2) is 4.98 Å². The van der Waals surface area contributed by atoms with Crippen LogP contribution in [0.15, 0.2) is 28.9 Å². The summed E-state index contributed by atoms with van der Waals surface area (Å²) in [6.07, 6.45) is 5.58. The van der Waals surface area contributed by atoms with Gasteiger partial charge in [-0.3, -0.25) is 4.79 Å². The molecule has 0 aliphatic heterocycles. The smallest absolute Gasteiger partial charge is 0.258 e. The van der Waals surface area contributed by atoms with Gasteiger partial charge < -0.3 is 14.6 Å². The molecule has 1 amide bonds. The largest absolute Gasteiger partial charge is 0.365 e. The van der Waals surface area contributed by atoms with Gasteiger partial charge in [0.1, 0.15) is 11.4 Å². The van der Waals surface area contributed by atoms with E-state index in [1.807, 2.05) is 6.92 Å². The van der Waals surface area contributed by atoms with Crippen molar-refractivity contribution in [2.75, 3.05) is 11.9 Å².